The predicted molar refractivity (Wildman–Crippen MR) is 94.5 cm³/mol. The van der Waals surface area contributed by atoms with E-state index in [1.54, 1.807) is 0 Å². The molecule has 7 nitrogen and oxygen atoms in total. The number of aliphatic carboxylic acids is 1. The molecular formula is C16H13BrF3NO6S. The quantitative estimate of drug-likeness (QED) is 0.625. The molecule has 1 atom stereocenters. The maximum atomic E-state index is 12.5. The number of carbonyl (C=O) groups is 1. The summed E-state index contributed by atoms with van der Waals surface area (Å²) in [4.78, 5) is 11.1. The zero-order valence-electron chi connectivity index (χ0n) is 14.0. The highest BCUT2D eigenvalue weighted by Gasteiger charge is 2.31. The summed E-state index contributed by atoms with van der Waals surface area (Å²) in [6, 6.07) is 5.90. The van der Waals surface area contributed by atoms with Crippen LogP contribution in [0, 0.1) is 0 Å². The van der Waals surface area contributed by atoms with Gasteiger partial charge in [-0.15, -0.1) is 13.2 Å². The molecular weight excluding hydrogens is 471 g/mol. The van der Waals surface area contributed by atoms with Crippen LogP contribution in [0.15, 0.2) is 51.8 Å². The molecule has 0 saturated carbocycles. The molecule has 0 aliphatic carbocycles. The number of sulfonamides is 1. The van der Waals surface area contributed by atoms with Crippen molar-refractivity contribution in [2.45, 2.75) is 17.3 Å². The minimum Gasteiger partial charge on any atom is -0.496 e. The van der Waals surface area contributed by atoms with Gasteiger partial charge in [0.25, 0.3) is 0 Å². The van der Waals surface area contributed by atoms with Gasteiger partial charge in [0.1, 0.15) is 17.5 Å². The molecule has 12 heteroatoms. The average molecular weight is 484 g/mol. The van der Waals surface area contributed by atoms with Crippen molar-refractivity contribution in [3.8, 4) is 11.5 Å². The highest BCUT2D eigenvalue weighted by molar-refractivity contribution is 9.10. The van der Waals surface area contributed by atoms with E-state index in [9.17, 15) is 31.5 Å². The van der Waals surface area contributed by atoms with Crippen molar-refractivity contribution in [3.05, 3.63) is 52.5 Å². The van der Waals surface area contributed by atoms with E-state index in [-0.39, 0.29) is 5.56 Å². The number of ether oxygens (including phenoxy) is 2. The Bertz CT molecular complexity index is 963. The molecule has 0 aromatic heterocycles. The van der Waals surface area contributed by atoms with Crippen LogP contribution in [-0.4, -0.2) is 33.0 Å². The molecule has 0 saturated heterocycles. The van der Waals surface area contributed by atoms with E-state index in [0.717, 1.165) is 24.3 Å². The lowest BCUT2D eigenvalue weighted by Crippen LogP contribution is -2.33. The van der Waals surface area contributed by atoms with Crippen molar-refractivity contribution >= 4 is 31.9 Å². The van der Waals surface area contributed by atoms with Crippen LogP contribution in [-0.2, 0) is 14.8 Å². The van der Waals surface area contributed by atoms with Gasteiger partial charge in [0, 0.05) is 0 Å². The highest BCUT2D eigenvalue weighted by Crippen LogP contribution is 2.29. The second-order valence-electron chi connectivity index (χ2n) is 5.31. The first kappa shape index (κ1) is 22.0. The Kier molecular flexibility index (Phi) is 6.57. The van der Waals surface area contributed by atoms with Crippen LogP contribution >= 0.6 is 15.9 Å². The van der Waals surface area contributed by atoms with Gasteiger partial charge in [0.05, 0.1) is 16.5 Å². The predicted octanol–water partition coefficient (Wildman–Crippen LogP) is 3.46. The summed E-state index contributed by atoms with van der Waals surface area (Å²) >= 11 is 3.18. The minimum atomic E-state index is -4.92. The van der Waals surface area contributed by atoms with E-state index in [1.807, 2.05) is 4.72 Å². The monoisotopic (exact) mass is 483 g/mol. The maximum Gasteiger partial charge on any atom is 0.573 e. The number of nitrogens with one attached hydrogen (secondary N) is 1. The number of rotatable bonds is 7. The average Bonchev–Trinajstić information content (AvgIpc) is 2.58. The Morgan fingerprint density at radius 2 is 1.79 bits per heavy atom. The summed E-state index contributed by atoms with van der Waals surface area (Å²) in [5.41, 5.74) is 0.112. The van der Waals surface area contributed by atoms with Crippen molar-refractivity contribution < 1.29 is 41.0 Å². The minimum absolute atomic E-state index is 0.112. The summed E-state index contributed by atoms with van der Waals surface area (Å²) in [6.07, 6.45) is -4.92. The molecule has 0 aliphatic heterocycles. The number of carboxylic acids is 1. The summed E-state index contributed by atoms with van der Waals surface area (Å²) in [7, 11) is -2.95. The third-order valence-electron chi connectivity index (χ3n) is 3.40. The zero-order chi connectivity index (χ0) is 21.1. The van der Waals surface area contributed by atoms with E-state index in [2.05, 4.69) is 20.7 Å². The third-order valence-corrected chi connectivity index (χ3v) is 5.46. The fraction of sp³-hybridized carbons (Fsp3) is 0.188. The van der Waals surface area contributed by atoms with Gasteiger partial charge in [-0.25, -0.2) is 8.42 Å². The van der Waals surface area contributed by atoms with E-state index < -0.39 is 39.0 Å². The van der Waals surface area contributed by atoms with Crippen LogP contribution < -0.4 is 14.2 Å². The Morgan fingerprint density at radius 1 is 1.18 bits per heavy atom. The van der Waals surface area contributed by atoms with E-state index in [4.69, 9.17) is 4.74 Å². The second kappa shape index (κ2) is 8.37. The van der Waals surface area contributed by atoms with Gasteiger partial charge in [0.15, 0.2) is 0 Å². The van der Waals surface area contributed by atoms with Gasteiger partial charge in [-0.3, -0.25) is 4.79 Å². The second-order valence-corrected chi connectivity index (χ2v) is 7.87. The number of methoxy groups -OCH3 is 1. The number of alkyl halides is 3. The number of hydrogen-bond donors (Lipinski definition) is 2. The van der Waals surface area contributed by atoms with Crippen molar-refractivity contribution in [2.24, 2.45) is 0 Å². The first-order chi connectivity index (χ1) is 12.9. The molecule has 0 bridgehead atoms. The molecule has 152 valence electrons. The fourth-order valence-electron chi connectivity index (χ4n) is 2.17. The molecule has 0 radical (unpaired) electrons. The van der Waals surface area contributed by atoms with Gasteiger partial charge >= 0.3 is 12.3 Å². The Labute approximate surface area is 166 Å². The van der Waals surface area contributed by atoms with Gasteiger partial charge in [0.2, 0.25) is 10.0 Å². The van der Waals surface area contributed by atoms with Crippen LogP contribution in [0.4, 0.5) is 13.2 Å². The number of halogens is 4. The molecule has 0 spiro atoms. The lowest BCUT2D eigenvalue weighted by molar-refractivity contribution is -0.274. The highest BCUT2D eigenvalue weighted by atomic mass is 79.9. The number of carboxylic acid groups (broad SMARTS) is 1. The largest absolute Gasteiger partial charge is 0.573 e. The SMILES string of the molecule is COc1ccc(C(NS(=O)(=O)c2ccc(OC(F)(F)F)cc2)C(=O)O)cc1Br. The molecule has 28 heavy (non-hydrogen) atoms. The lowest BCUT2D eigenvalue weighted by atomic mass is 10.1. The summed E-state index contributed by atoms with van der Waals surface area (Å²) in [5.74, 6) is -1.67. The van der Waals surface area contributed by atoms with Crippen LogP contribution in [0.25, 0.3) is 0 Å². The standard InChI is InChI=1S/C16H13BrF3NO6S/c1-26-13-7-2-9(8-12(13)17)14(15(22)23)21-28(24,25)11-5-3-10(4-6-11)27-16(18,19)20/h2-8,14,21H,1H3,(H,22,23). The first-order valence-corrected chi connectivity index (χ1v) is 9.65. The van der Waals surface area contributed by atoms with Crippen LogP contribution in [0.5, 0.6) is 11.5 Å². The van der Waals surface area contributed by atoms with Gasteiger partial charge in [-0.05, 0) is 57.9 Å². The van der Waals surface area contributed by atoms with E-state index in [1.165, 1.54) is 25.3 Å². The Balaban J connectivity index is 2.29. The Morgan fingerprint density at radius 3 is 2.25 bits per heavy atom. The molecule has 0 heterocycles. The normalized spacial score (nSPS) is 13.0. The molecule has 2 rings (SSSR count). The fourth-order valence-corrected chi connectivity index (χ4v) is 3.90. The molecule has 0 amide bonds. The van der Waals surface area contributed by atoms with Crippen LogP contribution in [0.2, 0.25) is 0 Å². The third kappa shape index (κ3) is 5.59. The van der Waals surface area contributed by atoms with Crippen LogP contribution in [0.3, 0.4) is 0 Å². The van der Waals surface area contributed by atoms with Crippen molar-refractivity contribution in [1.29, 1.82) is 0 Å². The summed E-state index contributed by atoms with van der Waals surface area (Å²) in [6.45, 7) is 0. The van der Waals surface area contributed by atoms with Crippen molar-refractivity contribution in [3.63, 3.8) is 0 Å². The van der Waals surface area contributed by atoms with Crippen molar-refractivity contribution in [2.75, 3.05) is 7.11 Å². The molecule has 2 aromatic rings. The van der Waals surface area contributed by atoms with Crippen LogP contribution in [0.1, 0.15) is 11.6 Å². The van der Waals surface area contributed by atoms with Gasteiger partial charge in [-0.2, -0.15) is 4.72 Å². The molecule has 0 aliphatic rings. The van der Waals surface area contributed by atoms with Gasteiger partial charge in [-0.1, -0.05) is 6.07 Å². The lowest BCUT2D eigenvalue weighted by Gasteiger charge is -2.16. The smallest absolute Gasteiger partial charge is 0.496 e. The molecule has 0 fully saturated rings. The van der Waals surface area contributed by atoms with E-state index >= 15 is 0 Å². The molecule has 2 N–H and O–H groups in total. The van der Waals surface area contributed by atoms with Crippen molar-refractivity contribution in [1.82, 2.24) is 4.72 Å². The zero-order valence-corrected chi connectivity index (χ0v) is 16.4. The molecule has 1 unspecified atom stereocenters. The summed E-state index contributed by atoms with van der Waals surface area (Å²) < 4.78 is 72.6. The molecule has 2 aromatic carbocycles. The maximum absolute atomic E-state index is 12.5. The topological polar surface area (TPSA) is 102 Å². The Hall–Kier alpha value is -2.31. The van der Waals surface area contributed by atoms with Gasteiger partial charge < -0.3 is 14.6 Å². The number of hydrogen-bond acceptors (Lipinski definition) is 5. The van der Waals surface area contributed by atoms with E-state index in [0.29, 0.717) is 10.2 Å². The number of benzene rings is 2. The summed E-state index contributed by atoms with van der Waals surface area (Å²) in [5, 5.41) is 9.41. The first-order valence-electron chi connectivity index (χ1n) is 7.37.